The fraction of sp³-hybridized carbons (Fsp3) is 0.692. The predicted octanol–water partition coefficient (Wildman–Crippen LogP) is 2.87. The molecule has 0 atom stereocenters. The summed E-state index contributed by atoms with van der Waals surface area (Å²) in [5.41, 5.74) is 0.462. The number of nitrogens with one attached hydrogen (secondary N) is 1. The van der Waals surface area contributed by atoms with Crippen LogP contribution in [0.2, 0.25) is 0 Å². The van der Waals surface area contributed by atoms with Gasteiger partial charge in [-0.05, 0) is 24.7 Å². The maximum atomic E-state index is 5.04. The number of anilines is 1. The van der Waals surface area contributed by atoms with Crippen LogP contribution in [0.5, 0.6) is 5.75 Å². The molecule has 1 heterocycles. The Morgan fingerprint density at radius 1 is 1.29 bits per heavy atom. The monoisotopic (exact) mass is 235 g/mol. The maximum absolute atomic E-state index is 5.04. The van der Waals surface area contributed by atoms with Gasteiger partial charge in [0, 0.05) is 6.54 Å². The average Bonchev–Trinajstić information content (AvgIpc) is 2.86. The first kappa shape index (κ1) is 12.1. The molecule has 0 aliphatic heterocycles. The lowest BCUT2D eigenvalue weighted by Crippen LogP contribution is -2.26. The molecule has 0 unspecified atom stereocenters. The molecule has 1 aromatic heterocycles. The molecule has 0 aromatic carbocycles. The molecule has 17 heavy (non-hydrogen) atoms. The number of hydrogen-bond donors (Lipinski definition) is 1. The number of aromatic nitrogens is 2. The highest BCUT2D eigenvalue weighted by Crippen LogP contribution is 2.40. The smallest absolute Gasteiger partial charge is 0.222 e. The molecule has 0 bridgehead atoms. The molecule has 0 saturated heterocycles. The van der Waals surface area contributed by atoms with Crippen molar-refractivity contribution >= 4 is 5.95 Å². The minimum absolute atomic E-state index is 0.462. The Morgan fingerprint density at radius 2 is 1.94 bits per heavy atom. The van der Waals surface area contributed by atoms with Crippen molar-refractivity contribution in [2.24, 2.45) is 5.41 Å². The summed E-state index contributed by atoms with van der Waals surface area (Å²) in [4.78, 5) is 8.46. The van der Waals surface area contributed by atoms with Gasteiger partial charge in [-0.2, -0.15) is 0 Å². The zero-order valence-corrected chi connectivity index (χ0v) is 10.7. The molecular weight excluding hydrogens is 214 g/mol. The van der Waals surface area contributed by atoms with Crippen LogP contribution in [0.3, 0.4) is 0 Å². The van der Waals surface area contributed by atoms with Crippen molar-refractivity contribution in [1.82, 2.24) is 9.97 Å². The normalized spacial score (nSPS) is 18.0. The Kier molecular flexibility index (Phi) is 3.82. The van der Waals surface area contributed by atoms with E-state index < -0.39 is 0 Å². The Balaban J connectivity index is 1.92. The quantitative estimate of drug-likeness (QED) is 0.852. The fourth-order valence-electron chi connectivity index (χ4n) is 2.56. The minimum Gasteiger partial charge on any atom is -0.494 e. The minimum atomic E-state index is 0.462. The lowest BCUT2D eigenvalue weighted by Gasteiger charge is -2.27. The van der Waals surface area contributed by atoms with Gasteiger partial charge in [-0.25, -0.2) is 9.97 Å². The molecule has 0 amide bonds. The van der Waals surface area contributed by atoms with E-state index in [2.05, 4.69) is 22.2 Å². The van der Waals surface area contributed by atoms with Crippen molar-refractivity contribution in [1.29, 1.82) is 0 Å². The molecule has 94 valence electrons. The summed E-state index contributed by atoms with van der Waals surface area (Å²) in [5, 5.41) is 3.35. The standard InChI is InChI=1S/C13H21N3O/c1-3-13(6-4-5-7-13)10-16-12-14-8-11(17-2)9-15-12/h8-9H,3-7,10H2,1-2H3,(H,14,15,16). The summed E-state index contributed by atoms with van der Waals surface area (Å²) >= 11 is 0. The molecule has 1 aromatic rings. The SMILES string of the molecule is CCC1(CNc2ncc(OC)cn2)CCCC1. The second-order valence-corrected chi connectivity index (χ2v) is 4.86. The highest BCUT2D eigenvalue weighted by atomic mass is 16.5. The average molecular weight is 235 g/mol. The van der Waals surface area contributed by atoms with Crippen molar-refractivity contribution in [3.8, 4) is 5.75 Å². The van der Waals surface area contributed by atoms with Crippen LogP contribution >= 0.6 is 0 Å². The largest absolute Gasteiger partial charge is 0.494 e. The van der Waals surface area contributed by atoms with Crippen molar-refractivity contribution in [2.45, 2.75) is 39.0 Å². The highest BCUT2D eigenvalue weighted by molar-refractivity contribution is 5.27. The summed E-state index contributed by atoms with van der Waals surface area (Å²) in [6, 6.07) is 0. The van der Waals surface area contributed by atoms with Crippen LogP contribution in [-0.4, -0.2) is 23.6 Å². The van der Waals surface area contributed by atoms with Crippen LogP contribution in [0.25, 0.3) is 0 Å². The van der Waals surface area contributed by atoms with Gasteiger partial charge in [0.15, 0.2) is 5.75 Å². The van der Waals surface area contributed by atoms with Crippen LogP contribution in [0.15, 0.2) is 12.4 Å². The van der Waals surface area contributed by atoms with Crippen LogP contribution in [0, 0.1) is 5.41 Å². The van der Waals surface area contributed by atoms with Gasteiger partial charge in [-0.15, -0.1) is 0 Å². The van der Waals surface area contributed by atoms with Crippen molar-refractivity contribution in [3.63, 3.8) is 0 Å². The van der Waals surface area contributed by atoms with Gasteiger partial charge in [0.05, 0.1) is 19.5 Å². The molecule has 4 nitrogen and oxygen atoms in total. The van der Waals surface area contributed by atoms with Gasteiger partial charge in [-0.1, -0.05) is 19.8 Å². The molecule has 0 spiro atoms. The third kappa shape index (κ3) is 2.87. The second kappa shape index (κ2) is 5.34. The highest BCUT2D eigenvalue weighted by Gasteiger charge is 2.31. The first-order valence-corrected chi connectivity index (χ1v) is 6.38. The zero-order chi connectivity index (χ0) is 12.1. The van der Waals surface area contributed by atoms with Crippen LogP contribution in [0.1, 0.15) is 39.0 Å². The van der Waals surface area contributed by atoms with Gasteiger partial charge < -0.3 is 10.1 Å². The van der Waals surface area contributed by atoms with Crippen LogP contribution in [-0.2, 0) is 0 Å². The Bertz CT molecular complexity index is 344. The fourth-order valence-corrected chi connectivity index (χ4v) is 2.56. The summed E-state index contributed by atoms with van der Waals surface area (Å²) in [5.74, 6) is 1.40. The van der Waals surface area contributed by atoms with Gasteiger partial charge in [0.2, 0.25) is 5.95 Å². The molecule has 1 fully saturated rings. The van der Waals surface area contributed by atoms with Gasteiger partial charge in [0.25, 0.3) is 0 Å². The lowest BCUT2D eigenvalue weighted by atomic mass is 9.83. The lowest BCUT2D eigenvalue weighted by molar-refractivity contribution is 0.306. The third-order valence-electron chi connectivity index (χ3n) is 3.90. The number of methoxy groups -OCH3 is 1. The van der Waals surface area contributed by atoms with E-state index in [0.717, 1.165) is 6.54 Å². The first-order chi connectivity index (χ1) is 8.28. The van der Waals surface area contributed by atoms with E-state index in [9.17, 15) is 0 Å². The Labute approximate surface area is 103 Å². The second-order valence-electron chi connectivity index (χ2n) is 4.86. The third-order valence-corrected chi connectivity index (χ3v) is 3.90. The summed E-state index contributed by atoms with van der Waals surface area (Å²) in [6.45, 7) is 3.26. The number of rotatable bonds is 5. The predicted molar refractivity (Wildman–Crippen MR) is 68.3 cm³/mol. The Morgan fingerprint density at radius 3 is 2.47 bits per heavy atom. The molecule has 1 aliphatic rings. The number of hydrogen-bond acceptors (Lipinski definition) is 4. The van der Waals surface area contributed by atoms with Crippen LogP contribution < -0.4 is 10.1 Å². The molecule has 1 saturated carbocycles. The molecule has 0 radical (unpaired) electrons. The van der Waals surface area contributed by atoms with E-state index >= 15 is 0 Å². The van der Waals surface area contributed by atoms with E-state index in [-0.39, 0.29) is 0 Å². The van der Waals surface area contributed by atoms with Crippen molar-refractivity contribution in [3.05, 3.63) is 12.4 Å². The summed E-state index contributed by atoms with van der Waals surface area (Å²) in [6.07, 6.45) is 10.00. The number of ether oxygens (including phenoxy) is 1. The van der Waals surface area contributed by atoms with Gasteiger partial charge in [-0.3, -0.25) is 0 Å². The number of nitrogens with zero attached hydrogens (tertiary/aromatic N) is 2. The first-order valence-electron chi connectivity index (χ1n) is 6.38. The zero-order valence-electron chi connectivity index (χ0n) is 10.7. The molecule has 1 N–H and O–H groups in total. The van der Waals surface area contributed by atoms with Gasteiger partial charge in [0.1, 0.15) is 0 Å². The van der Waals surface area contributed by atoms with E-state index in [0.29, 0.717) is 17.1 Å². The van der Waals surface area contributed by atoms with E-state index in [4.69, 9.17) is 4.74 Å². The van der Waals surface area contributed by atoms with Crippen molar-refractivity contribution in [2.75, 3.05) is 19.0 Å². The maximum Gasteiger partial charge on any atom is 0.222 e. The Hall–Kier alpha value is -1.32. The molecule has 1 aliphatic carbocycles. The summed E-state index contributed by atoms with van der Waals surface area (Å²) in [7, 11) is 1.62. The van der Waals surface area contributed by atoms with E-state index in [1.54, 1.807) is 19.5 Å². The topological polar surface area (TPSA) is 47.0 Å². The van der Waals surface area contributed by atoms with E-state index in [1.807, 2.05) is 0 Å². The molecular formula is C13H21N3O. The molecule has 4 heteroatoms. The van der Waals surface area contributed by atoms with E-state index in [1.165, 1.54) is 32.1 Å². The molecule has 2 rings (SSSR count). The summed E-state index contributed by atoms with van der Waals surface area (Å²) < 4.78 is 5.04. The van der Waals surface area contributed by atoms with Crippen molar-refractivity contribution < 1.29 is 4.74 Å². The van der Waals surface area contributed by atoms with Crippen LogP contribution in [0.4, 0.5) is 5.95 Å². The van der Waals surface area contributed by atoms with Gasteiger partial charge >= 0.3 is 0 Å².